The lowest BCUT2D eigenvalue weighted by molar-refractivity contribution is -0.135. The van der Waals surface area contributed by atoms with Crippen LogP contribution in [0.5, 0.6) is 0 Å². The third-order valence-corrected chi connectivity index (χ3v) is 4.81. The lowest BCUT2D eigenvalue weighted by atomic mass is 10.2. The topological polar surface area (TPSA) is 86.7 Å². The van der Waals surface area contributed by atoms with Gasteiger partial charge in [-0.2, -0.15) is 0 Å². The summed E-state index contributed by atoms with van der Waals surface area (Å²) in [5.41, 5.74) is 0.464. The van der Waals surface area contributed by atoms with E-state index < -0.39 is 16.0 Å². The first-order chi connectivity index (χ1) is 9.95. The van der Waals surface area contributed by atoms with Crippen molar-refractivity contribution in [1.29, 1.82) is 0 Å². The molecule has 1 aromatic carbocycles. The molecule has 1 aliphatic carbocycles. The first kappa shape index (κ1) is 15.8. The van der Waals surface area contributed by atoms with Crippen LogP contribution in [0.1, 0.15) is 26.2 Å². The summed E-state index contributed by atoms with van der Waals surface area (Å²) >= 11 is 0. The molecule has 116 valence electrons. The molecule has 0 unspecified atom stereocenters. The fourth-order valence-corrected chi connectivity index (χ4v) is 3.53. The second-order valence-corrected chi connectivity index (χ2v) is 6.85. The van der Waals surface area contributed by atoms with Crippen molar-refractivity contribution < 1.29 is 18.3 Å². The molecule has 2 N–H and O–H groups in total. The number of sulfonamides is 1. The minimum Gasteiger partial charge on any atom is -0.480 e. The Hall–Kier alpha value is -1.60. The third kappa shape index (κ3) is 3.95. The van der Waals surface area contributed by atoms with Crippen LogP contribution in [0, 0.1) is 0 Å². The van der Waals surface area contributed by atoms with Gasteiger partial charge in [0.2, 0.25) is 10.0 Å². The molecule has 0 aromatic heterocycles. The molecule has 0 bridgehead atoms. The molecule has 7 heteroatoms. The van der Waals surface area contributed by atoms with Crippen LogP contribution >= 0.6 is 0 Å². The summed E-state index contributed by atoms with van der Waals surface area (Å²) in [7, 11) is -3.62. The van der Waals surface area contributed by atoms with E-state index in [-0.39, 0.29) is 17.5 Å². The van der Waals surface area contributed by atoms with Crippen LogP contribution in [0.25, 0.3) is 0 Å². The molecule has 0 radical (unpaired) electrons. The lowest BCUT2D eigenvalue weighted by Crippen LogP contribution is -2.34. The molecule has 0 aliphatic heterocycles. The van der Waals surface area contributed by atoms with Gasteiger partial charge < -0.3 is 10.0 Å². The number of nitrogens with one attached hydrogen (secondary N) is 1. The van der Waals surface area contributed by atoms with E-state index in [4.69, 9.17) is 5.11 Å². The zero-order chi connectivity index (χ0) is 15.5. The molecule has 21 heavy (non-hydrogen) atoms. The molecule has 0 amide bonds. The van der Waals surface area contributed by atoms with Crippen LogP contribution in [0.3, 0.4) is 0 Å². The zero-order valence-electron chi connectivity index (χ0n) is 11.9. The Kier molecular flexibility index (Phi) is 4.84. The van der Waals surface area contributed by atoms with Crippen LogP contribution < -0.4 is 9.62 Å². The molecular formula is C14H20N2O4S. The van der Waals surface area contributed by atoms with Gasteiger partial charge in [0, 0.05) is 12.6 Å². The van der Waals surface area contributed by atoms with Gasteiger partial charge in [-0.25, -0.2) is 13.1 Å². The molecule has 0 saturated heterocycles. The number of anilines is 1. The van der Waals surface area contributed by atoms with Crippen LogP contribution in [0.2, 0.25) is 0 Å². The summed E-state index contributed by atoms with van der Waals surface area (Å²) in [4.78, 5) is 12.9. The maximum absolute atomic E-state index is 12.4. The van der Waals surface area contributed by atoms with Gasteiger partial charge in [0.1, 0.15) is 11.4 Å². The maximum atomic E-state index is 12.4. The van der Waals surface area contributed by atoms with E-state index in [1.165, 1.54) is 6.07 Å². The number of aliphatic carboxylic acids is 1. The SMILES string of the molecule is CCCNS(=O)(=O)c1ccccc1N(CC(=O)O)C1CC1. The normalized spacial score (nSPS) is 14.9. The molecule has 0 atom stereocenters. The van der Waals surface area contributed by atoms with Crippen molar-refractivity contribution in [2.24, 2.45) is 0 Å². The van der Waals surface area contributed by atoms with Crippen molar-refractivity contribution in [2.75, 3.05) is 18.0 Å². The molecule has 1 fully saturated rings. The predicted molar refractivity (Wildman–Crippen MR) is 79.9 cm³/mol. The number of carboxylic acid groups (broad SMARTS) is 1. The average molecular weight is 312 g/mol. The van der Waals surface area contributed by atoms with Crippen LogP contribution in [0.15, 0.2) is 29.2 Å². The Balaban J connectivity index is 2.37. The van der Waals surface area contributed by atoms with Crippen LogP contribution in [0.4, 0.5) is 5.69 Å². The number of carbonyl (C=O) groups is 1. The number of rotatable bonds is 8. The highest BCUT2D eigenvalue weighted by molar-refractivity contribution is 7.89. The van der Waals surface area contributed by atoms with Crippen molar-refractivity contribution in [1.82, 2.24) is 4.72 Å². The first-order valence-corrected chi connectivity index (χ1v) is 8.51. The van der Waals surface area contributed by atoms with Crippen molar-refractivity contribution in [3.63, 3.8) is 0 Å². The number of nitrogens with zero attached hydrogens (tertiary/aromatic N) is 1. The van der Waals surface area contributed by atoms with Crippen molar-refractivity contribution in [3.8, 4) is 0 Å². The van der Waals surface area contributed by atoms with E-state index in [1.807, 2.05) is 6.92 Å². The Bertz CT molecular complexity index is 611. The van der Waals surface area contributed by atoms with E-state index in [9.17, 15) is 13.2 Å². The van der Waals surface area contributed by atoms with Gasteiger partial charge in [0.15, 0.2) is 0 Å². The van der Waals surface area contributed by atoms with E-state index in [0.29, 0.717) is 18.7 Å². The highest BCUT2D eigenvalue weighted by Gasteiger charge is 2.33. The number of hydrogen-bond donors (Lipinski definition) is 2. The molecule has 1 aromatic rings. The van der Waals surface area contributed by atoms with Crippen molar-refractivity contribution >= 4 is 21.7 Å². The second kappa shape index (κ2) is 6.44. The lowest BCUT2D eigenvalue weighted by Gasteiger charge is -2.25. The number of para-hydroxylation sites is 1. The smallest absolute Gasteiger partial charge is 0.323 e. The van der Waals surface area contributed by atoms with Crippen molar-refractivity contribution in [2.45, 2.75) is 37.1 Å². The second-order valence-electron chi connectivity index (χ2n) is 5.12. The van der Waals surface area contributed by atoms with Gasteiger partial charge in [0.25, 0.3) is 0 Å². The minimum absolute atomic E-state index is 0.114. The quantitative estimate of drug-likeness (QED) is 0.758. The van der Waals surface area contributed by atoms with E-state index >= 15 is 0 Å². The molecule has 0 spiro atoms. The Morgan fingerprint density at radius 3 is 2.62 bits per heavy atom. The zero-order valence-corrected chi connectivity index (χ0v) is 12.8. The van der Waals surface area contributed by atoms with Gasteiger partial charge in [-0.3, -0.25) is 4.79 Å². The van der Waals surface area contributed by atoms with Gasteiger partial charge in [-0.15, -0.1) is 0 Å². The highest BCUT2D eigenvalue weighted by atomic mass is 32.2. The predicted octanol–water partition coefficient (Wildman–Crippen LogP) is 1.43. The van der Waals surface area contributed by atoms with Gasteiger partial charge in [-0.1, -0.05) is 19.1 Å². The van der Waals surface area contributed by atoms with Crippen molar-refractivity contribution in [3.05, 3.63) is 24.3 Å². The van der Waals surface area contributed by atoms with Gasteiger partial charge in [0.05, 0.1) is 5.69 Å². The molecule has 2 rings (SSSR count). The Morgan fingerprint density at radius 1 is 1.38 bits per heavy atom. The largest absolute Gasteiger partial charge is 0.480 e. The monoisotopic (exact) mass is 312 g/mol. The highest BCUT2D eigenvalue weighted by Crippen LogP contribution is 2.34. The fourth-order valence-electron chi connectivity index (χ4n) is 2.18. The van der Waals surface area contributed by atoms with E-state index in [2.05, 4.69) is 4.72 Å². The molecule has 1 saturated carbocycles. The maximum Gasteiger partial charge on any atom is 0.323 e. The number of benzene rings is 1. The van der Waals surface area contributed by atoms with E-state index in [1.54, 1.807) is 23.1 Å². The number of hydrogen-bond acceptors (Lipinski definition) is 4. The number of carboxylic acids is 1. The van der Waals surface area contributed by atoms with Crippen LogP contribution in [-0.2, 0) is 14.8 Å². The summed E-state index contributed by atoms with van der Waals surface area (Å²) in [5.74, 6) is -0.962. The van der Waals surface area contributed by atoms with E-state index in [0.717, 1.165) is 12.8 Å². The molecule has 6 nitrogen and oxygen atoms in total. The summed E-state index contributed by atoms with van der Waals surface area (Å²) in [6, 6.07) is 6.68. The molecule has 1 aliphatic rings. The average Bonchev–Trinajstić information content (AvgIpc) is 3.27. The van der Waals surface area contributed by atoms with Gasteiger partial charge in [-0.05, 0) is 31.4 Å². The summed E-state index contributed by atoms with van der Waals surface area (Å²) in [6.07, 6.45) is 2.48. The summed E-state index contributed by atoms with van der Waals surface area (Å²) in [5, 5.41) is 9.05. The molecule has 0 heterocycles. The Labute approximate surface area is 124 Å². The molecular weight excluding hydrogens is 292 g/mol. The van der Waals surface area contributed by atoms with Crippen LogP contribution in [-0.4, -0.2) is 38.6 Å². The first-order valence-electron chi connectivity index (χ1n) is 7.03. The van der Waals surface area contributed by atoms with Gasteiger partial charge >= 0.3 is 5.97 Å². The summed E-state index contributed by atoms with van der Waals surface area (Å²) < 4.78 is 27.3. The standard InChI is InChI=1S/C14H20N2O4S/c1-2-9-15-21(19,20)13-6-4-3-5-12(13)16(10-14(17)18)11-7-8-11/h3-6,11,15H,2,7-10H2,1H3,(H,17,18). The minimum atomic E-state index is -3.62. The third-order valence-electron chi connectivity index (χ3n) is 3.30. The fraction of sp³-hybridized carbons (Fsp3) is 0.500. The summed E-state index contributed by atoms with van der Waals surface area (Å²) in [6.45, 7) is 2.05. The Morgan fingerprint density at radius 2 is 2.05 bits per heavy atom.